The van der Waals surface area contributed by atoms with Crippen LogP contribution >= 0.6 is 0 Å². The first-order chi connectivity index (χ1) is 6.42. The molecule has 0 aliphatic heterocycles. The molecule has 0 aromatic heterocycles. The van der Waals surface area contributed by atoms with E-state index >= 15 is 0 Å². The average molecular weight is 178 g/mol. The lowest BCUT2D eigenvalue weighted by molar-refractivity contribution is 0.0831. The van der Waals surface area contributed by atoms with Gasteiger partial charge in [-0.15, -0.1) is 0 Å². The molecule has 72 valence electrons. The van der Waals surface area contributed by atoms with Crippen LogP contribution in [-0.2, 0) is 4.74 Å². The molecule has 1 nitrogen and oxygen atoms in total. The van der Waals surface area contributed by atoms with E-state index in [2.05, 4.69) is 12.2 Å². The molecule has 2 fully saturated rings. The Morgan fingerprint density at radius 1 is 1.08 bits per heavy atom. The lowest BCUT2D eigenvalue weighted by atomic mass is 9.95. The largest absolute Gasteiger partial charge is 0.381 e. The van der Waals surface area contributed by atoms with Crippen LogP contribution in [0.3, 0.4) is 0 Å². The Hall–Kier alpha value is -0.300. The maximum absolute atomic E-state index is 5.76. The summed E-state index contributed by atoms with van der Waals surface area (Å²) in [5.41, 5.74) is 0. The molecule has 3 rings (SSSR count). The highest BCUT2D eigenvalue weighted by Gasteiger charge is 2.35. The first kappa shape index (κ1) is 8.05. The maximum atomic E-state index is 5.76. The van der Waals surface area contributed by atoms with Crippen molar-refractivity contribution >= 4 is 0 Å². The Kier molecular flexibility index (Phi) is 1.93. The third kappa shape index (κ3) is 1.67. The molecule has 3 atom stereocenters. The zero-order valence-electron chi connectivity index (χ0n) is 8.11. The van der Waals surface area contributed by atoms with Crippen molar-refractivity contribution in [1.29, 1.82) is 0 Å². The zero-order chi connectivity index (χ0) is 8.67. The van der Waals surface area contributed by atoms with Crippen LogP contribution in [0.4, 0.5) is 0 Å². The summed E-state index contributed by atoms with van der Waals surface area (Å²) in [6, 6.07) is 0. The van der Waals surface area contributed by atoms with Gasteiger partial charge < -0.3 is 4.74 Å². The van der Waals surface area contributed by atoms with Gasteiger partial charge in [0.1, 0.15) is 0 Å². The van der Waals surface area contributed by atoms with Crippen molar-refractivity contribution in [3.05, 3.63) is 12.2 Å². The van der Waals surface area contributed by atoms with E-state index in [1.54, 1.807) is 0 Å². The second-order valence-electron chi connectivity index (χ2n) is 5.02. The predicted octanol–water partition coefficient (Wildman–Crippen LogP) is 2.63. The van der Waals surface area contributed by atoms with Crippen LogP contribution < -0.4 is 0 Å². The molecule has 0 N–H and O–H groups in total. The van der Waals surface area contributed by atoms with Gasteiger partial charge in [-0.25, -0.2) is 0 Å². The molecule has 0 aromatic rings. The molecule has 1 heteroatoms. The number of fused-ring (bicyclic) bond motifs is 2. The van der Waals surface area contributed by atoms with Crippen LogP contribution in [0.1, 0.15) is 25.7 Å². The van der Waals surface area contributed by atoms with Gasteiger partial charge in [0.15, 0.2) is 0 Å². The third-order valence-electron chi connectivity index (χ3n) is 3.80. The van der Waals surface area contributed by atoms with Crippen LogP contribution in [0, 0.1) is 23.7 Å². The van der Waals surface area contributed by atoms with Crippen LogP contribution in [0.15, 0.2) is 12.2 Å². The summed E-state index contributed by atoms with van der Waals surface area (Å²) in [5.74, 6) is 3.55. The zero-order valence-corrected chi connectivity index (χ0v) is 8.11. The highest BCUT2D eigenvalue weighted by Crippen LogP contribution is 2.43. The Bertz CT molecular complexity index is 217. The van der Waals surface area contributed by atoms with Gasteiger partial charge in [-0.2, -0.15) is 0 Å². The highest BCUT2D eigenvalue weighted by atomic mass is 16.5. The maximum Gasteiger partial charge on any atom is 0.0500 e. The van der Waals surface area contributed by atoms with Gasteiger partial charge in [-0.1, -0.05) is 12.2 Å². The number of allylic oxidation sites excluding steroid dienone is 2. The fourth-order valence-corrected chi connectivity index (χ4v) is 2.76. The number of rotatable bonds is 4. The van der Waals surface area contributed by atoms with E-state index in [1.165, 1.54) is 25.7 Å². The normalized spacial score (nSPS) is 41.7. The van der Waals surface area contributed by atoms with Crippen molar-refractivity contribution in [2.24, 2.45) is 23.7 Å². The summed E-state index contributed by atoms with van der Waals surface area (Å²) in [5, 5.41) is 0. The molecule has 2 bridgehead atoms. The molecule has 3 unspecified atom stereocenters. The first-order valence-corrected chi connectivity index (χ1v) is 5.68. The average Bonchev–Trinajstić information content (AvgIpc) is 2.74. The standard InChI is InChI=1S/C12H18O/c1-2-9(1)7-13-8-12-6-10-3-4-11(12)5-10/h3-4,9-12H,1-2,5-8H2. The predicted molar refractivity (Wildman–Crippen MR) is 52.4 cm³/mol. The first-order valence-electron chi connectivity index (χ1n) is 5.68. The summed E-state index contributed by atoms with van der Waals surface area (Å²) in [4.78, 5) is 0. The summed E-state index contributed by atoms with van der Waals surface area (Å²) >= 11 is 0. The van der Waals surface area contributed by atoms with Crippen molar-refractivity contribution in [2.75, 3.05) is 13.2 Å². The minimum absolute atomic E-state index is 0.855. The minimum Gasteiger partial charge on any atom is -0.381 e. The molecule has 0 amide bonds. The number of hydrogen-bond acceptors (Lipinski definition) is 1. The Morgan fingerprint density at radius 3 is 2.62 bits per heavy atom. The van der Waals surface area contributed by atoms with E-state index < -0.39 is 0 Å². The lowest BCUT2D eigenvalue weighted by Gasteiger charge is -2.17. The summed E-state index contributed by atoms with van der Waals surface area (Å²) < 4.78 is 5.76. The monoisotopic (exact) mass is 178 g/mol. The van der Waals surface area contributed by atoms with Crippen molar-refractivity contribution < 1.29 is 4.74 Å². The van der Waals surface area contributed by atoms with E-state index in [0.29, 0.717) is 0 Å². The summed E-state index contributed by atoms with van der Waals surface area (Å²) in [7, 11) is 0. The molecule has 0 heterocycles. The molecule has 3 aliphatic carbocycles. The molecule has 2 saturated carbocycles. The van der Waals surface area contributed by atoms with Gasteiger partial charge in [-0.3, -0.25) is 0 Å². The van der Waals surface area contributed by atoms with Crippen molar-refractivity contribution in [3.63, 3.8) is 0 Å². The smallest absolute Gasteiger partial charge is 0.0500 e. The quantitative estimate of drug-likeness (QED) is 0.601. The van der Waals surface area contributed by atoms with Gasteiger partial charge in [-0.05, 0) is 49.4 Å². The van der Waals surface area contributed by atoms with Gasteiger partial charge >= 0.3 is 0 Å². The Balaban J connectivity index is 1.43. The SMILES string of the molecule is C1=CC2CC1CC2COCC1CC1. The van der Waals surface area contributed by atoms with Gasteiger partial charge in [0.2, 0.25) is 0 Å². The van der Waals surface area contributed by atoms with E-state index in [0.717, 1.165) is 36.9 Å². The van der Waals surface area contributed by atoms with Crippen LogP contribution in [0.25, 0.3) is 0 Å². The van der Waals surface area contributed by atoms with E-state index in [4.69, 9.17) is 4.74 Å². The molecular weight excluding hydrogens is 160 g/mol. The summed E-state index contributed by atoms with van der Waals surface area (Å²) in [6.45, 7) is 2.07. The molecule has 0 radical (unpaired) electrons. The molecule has 0 spiro atoms. The van der Waals surface area contributed by atoms with E-state index in [9.17, 15) is 0 Å². The van der Waals surface area contributed by atoms with E-state index in [1.807, 2.05) is 0 Å². The fraction of sp³-hybridized carbons (Fsp3) is 0.833. The Morgan fingerprint density at radius 2 is 2.00 bits per heavy atom. The van der Waals surface area contributed by atoms with Crippen LogP contribution in [0.5, 0.6) is 0 Å². The third-order valence-corrected chi connectivity index (χ3v) is 3.80. The van der Waals surface area contributed by atoms with E-state index in [-0.39, 0.29) is 0 Å². The lowest BCUT2D eigenvalue weighted by Crippen LogP contribution is -2.15. The second-order valence-corrected chi connectivity index (χ2v) is 5.02. The number of ether oxygens (including phenoxy) is 1. The van der Waals surface area contributed by atoms with Crippen molar-refractivity contribution in [1.82, 2.24) is 0 Å². The molecule has 13 heavy (non-hydrogen) atoms. The fourth-order valence-electron chi connectivity index (χ4n) is 2.76. The molecule has 3 aliphatic rings. The topological polar surface area (TPSA) is 9.23 Å². The van der Waals surface area contributed by atoms with Crippen LogP contribution in [-0.4, -0.2) is 13.2 Å². The van der Waals surface area contributed by atoms with Gasteiger partial charge in [0, 0.05) is 13.2 Å². The van der Waals surface area contributed by atoms with Crippen molar-refractivity contribution in [2.45, 2.75) is 25.7 Å². The number of hydrogen-bond donors (Lipinski definition) is 0. The highest BCUT2D eigenvalue weighted by molar-refractivity contribution is 5.09. The second kappa shape index (κ2) is 3.13. The van der Waals surface area contributed by atoms with Gasteiger partial charge in [0.05, 0.1) is 0 Å². The summed E-state index contributed by atoms with van der Waals surface area (Å²) in [6.07, 6.45) is 10.5. The molecule has 0 aromatic carbocycles. The molecule has 0 saturated heterocycles. The van der Waals surface area contributed by atoms with Crippen LogP contribution in [0.2, 0.25) is 0 Å². The van der Waals surface area contributed by atoms with Crippen molar-refractivity contribution in [3.8, 4) is 0 Å². The van der Waals surface area contributed by atoms with Gasteiger partial charge in [0.25, 0.3) is 0 Å². The Labute approximate surface area is 80.2 Å². The minimum atomic E-state index is 0.855. The molecular formula is C12H18O.